The second-order valence-electron chi connectivity index (χ2n) is 4.70. The molecular formula is C14H23N3O. The summed E-state index contributed by atoms with van der Waals surface area (Å²) in [6.45, 7) is 7.64. The third kappa shape index (κ3) is 4.37. The highest BCUT2D eigenvalue weighted by atomic mass is 16.2. The number of nitrogens with zero attached hydrogens (tertiary/aromatic N) is 1. The van der Waals surface area contributed by atoms with E-state index in [0.717, 1.165) is 13.0 Å². The van der Waals surface area contributed by atoms with Crippen molar-refractivity contribution in [1.82, 2.24) is 4.90 Å². The Kier molecular flexibility index (Phi) is 5.65. The number of rotatable bonds is 6. The second kappa shape index (κ2) is 7.01. The Morgan fingerprint density at radius 1 is 1.39 bits per heavy atom. The van der Waals surface area contributed by atoms with Crippen molar-refractivity contribution < 1.29 is 4.79 Å². The van der Waals surface area contributed by atoms with Crippen molar-refractivity contribution in [2.45, 2.75) is 33.2 Å². The zero-order valence-corrected chi connectivity index (χ0v) is 11.4. The van der Waals surface area contributed by atoms with Crippen LogP contribution in [0.2, 0.25) is 0 Å². The van der Waals surface area contributed by atoms with Gasteiger partial charge in [0.1, 0.15) is 0 Å². The smallest absolute Gasteiger partial charge is 0.238 e. The lowest BCUT2D eigenvalue weighted by Gasteiger charge is -2.25. The molecule has 3 N–H and O–H groups in total. The maximum absolute atomic E-state index is 11.9. The highest BCUT2D eigenvalue weighted by Crippen LogP contribution is 2.16. The molecule has 1 amide bonds. The summed E-state index contributed by atoms with van der Waals surface area (Å²) in [7, 11) is 0. The van der Waals surface area contributed by atoms with Crippen molar-refractivity contribution in [3.05, 3.63) is 24.3 Å². The number of hydrogen-bond acceptors (Lipinski definition) is 3. The summed E-state index contributed by atoms with van der Waals surface area (Å²) < 4.78 is 0. The van der Waals surface area contributed by atoms with Crippen molar-refractivity contribution >= 4 is 17.3 Å². The van der Waals surface area contributed by atoms with E-state index in [2.05, 4.69) is 31.0 Å². The van der Waals surface area contributed by atoms with Crippen LogP contribution >= 0.6 is 0 Å². The molecule has 0 aliphatic rings. The normalized spacial score (nSPS) is 10.9. The van der Waals surface area contributed by atoms with E-state index in [9.17, 15) is 4.79 Å². The molecule has 4 heteroatoms. The molecule has 0 aromatic heterocycles. The monoisotopic (exact) mass is 249 g/mol. The van der Waals surface area contributed by atoms with Gasteiger partial charge in [-0.05, 0) is 38.9 Å². The standard InChI is InChI=1S/C14H23N3O/c1-4-9-17(11(2)3)10-14(18)16-13-8-6-5-7-12(13)15/h5-8,11H,4,9-10,15H2,1-3H3,(H,16,18). The number of nitrogen functional groups attached to an aromatic ring is 1. The van der Waals surface area contributed by atoms with Crippen LogP contribution in [0.15, 0.2) is 24.3 Å². The molecule has 1 aromatic carbocycles. The van der Waals surface area contributed by atoms with Crippen LogP contribution < -0.4 is 11.1 Å². The molecule has 100 valence electrons. The van der Waals surface area contributed by atoms with Gasteiger partial charge in [-0.15, -0.1) is 0 Å². The Labute approximate surface area is 109 Å². The fourth-order valence-corrected chi connectivity index (χ4v) is 1.79. The zero-order chi connectivity index (χ0) is 13.5. The first-order valence-electron chi connectivity index (χ1n) is 6.43. The molecule has 0 saturated heterocycles. The van der Waals surface area contributed by atoms with Gasteiger partial charge < -0.3 is 11.1 Å². The molecule has 0 fully saturated rings. The first-order chi connectivity index (χ1) is 8.54. The van der Waals surface area contributed by atoms with Gasteiger partial charge in [-0.3, -0.25) is 9.69 Å². The van der Waals surface area contributed by atoms with Crippen LogP contribution in [0.4, 0.5) is 11.4 Å². The minimum Gasteiger partial charge on any atom is -0.397 e. The largest absolute Gasteiger partial charge is 0.397 e. The Balaban J connectivity index is 2.58. The summed E-state index contributed by atoms with van der Waals surface area (Å²) in [6.07, 6.45) is 1.04. The van der Waals surface area contributed by atoms with Gasteiger partial charge in [0.05, 0.1) is 17.9 Å². The average Bonchev–Trinajstić information content (AvgIpc) is 2.31. The van der Waals surface area contributed by atoms with Gasteiger partial charge in [0, 0.05) is 6.04 Å². The number of para-hydroxylation sites is 2. The van der Waals surface area contributed by atoms with E-state index < -0.39 is 0 Å². The van der Waals surface area contributed by atoms with E-state index in [-0.39, 0.29) is 5.91 Å². The molecule has 0 saturated carbocycles. The summed E-state index contributed by atoms with van der Waals surface area (Å²) >= 11 is 0. The molecule has 0 spiro atoms. The molecule has 0 atom stereocenters. The Morgan fingerprint density at radius 3 is 2.61 bits per heavy atom. The Bertz CT molecular complexity index is 390. The fraction of sp³-hybridized carbons (Fsp3) is 0.500. The maximum Gasteiger partial charge on any atom is 0.238 e. The lowest BCUT2D eigenvalue weighted by molar-refractivity contribution is -0.117. The highest BCUT2D eigenvalue weighted by molar-refractivity contribution is 5.95. The SMILES string of the molecule is CCCN(CC(=O)Nc1ccccc1N)C(C)C. The molecule has 0 radical (unpaired) electrons. The number of carbonyl (C=O) groups is 1. The summed E-state index contributed by atoms with van der Waals surface area (Å²) in [5.41, 5.74) is 7.07. The third-order valence-corrected chi connectivity index (χ3v) is 2.82. The molecule has 1 aromatic rings. The van der Waals surface area contributed by atoms with Crippen LogP contribution in [0.3, 0.4) is 0 Å². The molecule has 0 unspecified atom stereocenters. The number of amides is 1. The summed E-state index contributed by atoms with van der Waals surface area (Å²) in [4.78, 5) is 14.1. The summed E-state index contributed by atoms with van der Waals surface area (Å²) in [5, 5.41) is 2.85. The van der Waals surface area contributed by atoms with Crippen molar-refractivity contribution in [2.75, 3.05) is 24.1 Å². The van der Waals surface area contributed by atoms with Crippen molar-refractivity contribution in [3.63, 3.8) is 0 Å². The van der Waals surface area contributed by atoms with Crippen LogP contribution in [-0.4, -0.2) is 29.9 Å². The molecule has 18 heavy (non-hydrogen) atoms. The second-order valence-corrected chi connectivity index (χ2v) is 4.70. The van der Waals surface area contributed by atoms with Crippen LogP contribution in [0.1, 0.15) is 27.2 Å². The van der Waals surface area contributed by atoms with Gasteiger partial charge in [-0.1, -0.05) is 19.1 Å². The van der Waals surface area contributed by atoms with Gasteiger partial charge in [0.15, 0.2) is 0 Å². The lowest BCUT2D eigenvalue weighted by atomic mass is 10.2. The van der Waals surface area contributed by atoms with E-state index in [1.54, 1.807) is 6.07 Å². The maximum atomic E-state index is 11.9. The van der Waals surface area contributed by atoms with E-state index in [1.807, 2.05) is 18.2 Å². The third-order valence-electron chi connectivity index (χ3n) is 2.82. The van der Waals surface area contributed by atoms with Crippen LogP contribution in [-0.2, 0) is 4.79 Å². The highest BCUT2D eigenvalue weighted by Gasteiger charge is 2.13. The number of carbonyl (C=O) groups excluding carboxylic acids is 1. The fourth-order valence-electron chi connectivity index (χ4n) is 1.79. The predicted octanol–water partition coefficient (Wildman–Crippen LogP) is 2.33. The first kappa shape index (κ1) is 14.5. The predicted molar refractivity (Wildman–Crippen MR) is 76.5 cm³/mol. The molecule has 0 aliphatic heterocycles. The number of benzene rings is 1. The summed E-state index contributed by atoms with van der Waals surface area (Å²) in [6, 6.07) is 7.67. The quantitative estimate of drug-likeness (QED) is 0.761. The summed E-state index contributed by atoms with van der Waals surface area (Å²) in [5.74, 6) is -0.0185. The van der Waals surface area contributed by atoms with E-state index in [1.165, 1.54) is 0 Å². The molecule has 0 heterocycles. The topological polar surface area (TPSA) is 58.4 Å². The zero-order valence-electron chi connectivity index (χ0n) is 11.4. The molecule has 0 bridgehead atoms. The minimum absolute atomic E-state index is 0.0185. The molecule has 0 aliphatic carbocycles. The number of anilines is 2. The first-order valence-corrected chi connectivity index (χ1v) is 6.43. The van der Waals surface area contributed by atoms with Crippen molar-refractivity contribution in [3.8, 4) is 0 Å². The molecule has 4 nitrogen and oxygen atoms in total. The van der Waals surface area contributed by atoms with Gasteiger partial charge in [0.2, 0.25) is 5.91 Å². The lowest BCUT2D eigenvalue weighted by Crippen LogP contribution is -2.38. The van der Waals surface area contributed by atoms with E-state index in [0.29, 0.717) is 24.0 Å². The van der Waals surface area contributed by atoms with Crippen LogP contribution in [0, 0.1) is 0 Å². The van der Waals surface area contributed by atoms with Gasteiger partial charge >= 0.3 is 0 Å². The van der Waals surface area contributed by atoms with Crippen LogP contribution in [0.5, 0.6) is 0 Å². The number of nitrogens with one attached hydrogen (secondary N) is 1. The Hall–Kier alpha value is -1.55. The van der Waals surface area contributed by atoms with E-state index in [4.69, 9.17) is 5.73 Å². The van der Waals surface area contributed by atoms with Crippen molar-refractivity contribution in [2.24, 2.45) is 0 Å². The van der Waals surface area contributed by atoms with Crippen LogP contribution in [0.25, 0.3) is 0 Å². The number of hydrogen-bond donors (Lipinski definition) is 2. The Morgan fingerprint density at radius 2 is 2.06 bits per heavy atom. The average molecular weight is 249 g/mol. The minimum atomic E-state index is -0.0185. The van der Waals surface area contributed by atoms with Gasteiger partial charge in [-0.2, -0.15) is 0 Å². The molecular weight excluding hydrogens is 226 g/mol. The molecule has 1 rings (SSSR count). The van der Waals surface area contributed by atoms with Gasteiger partial charge in [0.25, 0.3) is 0 Å². The van der Waals surface area contributed by atoms with E-state index >= 15 is 0 Å². The van der Waals surface area contributed by atoms with Gasteiger partial charge in [-0.25, -0.2) is 0 Å². The number of nitrogens with two attached hydrogens (primary N) is 1. The van der Waals surface area contributed by atoms with Crippen molar-refractivity contribution in [1.29, 1.82) is 0 Å².